The van der Waals surface area contributed by atoms with Crippen LogP contribution in [-0.4, -0.2) is 32.9 Å². The van der Waals surface area contributed by atoms with E-state index in [9.17, 15) is 13.2 Å². The van der Waals surface area contributed by atoms with Gasteiger partial charge in [-0.3, -0.25) is 4.79 Å². The lowest BCUT2D eigenvalue weighted by molar-refractivity contribution is -0.132. The van der Waals surface area contributed by atoms with E-state index >= 15 is 0 Å². The first-order valence-corrected chi connectivity index (χ1v) is 10.3. The molecule has 0 aliphatic carbocycles. The van der Waals surface area contributed by atoms with E-state index < -0.39 is 10.0 Å². The van der Waals surface area contributed by atoms with Crippen molar-refractivity contribution in [2.24, 2.45) is 5.14 Å². The van der Waals surface area contributed by atoms with Gasteiger partial charge in [0.1, 0.15) is 5.75 Å². The highest BCUT2D eigenvalue weighted by Crippen LogP contribution is 2.22. The molecule has 1 atom stereocenters. The average molecular weight is 441 g/mol. The fraction of sp³-hybridized carbons (Fsp3) is 0.278. The molecular weight excluding hydrogens is 420 g/mol. The normalized spacial score (nSPS) is 12.5. The van der Waals surface area contributed by atoms with Gasteiger partial charge in [-0.05, 0) is 42.8 Å². The molecule has 0 bridgehead atoms. The van der Waals surface area contributed by atoms with Crippen LogP contribution in [-0.2, 0) is 14.8 Å². The van der Waals surface area contributed by atoms with E-state index in [1.54, 1.807) is 24.1 Å². The molecule has 0 radical (unpaired) electrons. The Labute approximate surface area is 162 Å². The summed E-state index contributed by atoms with van der Waals surface area (Å²) in [5.41, 5.74) is 0.695. The number of hydrogen-bond donors (Lipinski definition) is 1. The number of hydrogen-bond acceptors (Lipinski definition) is 4. The molecule has 2 rings (SSSR count). The van der Waals surface area contributed by atoms with E-state index in [-0.39, 0.29) is 29.9 Å². The van der Waals surface area contributed by atoms with Gasteiger partial charge in [-0.25, -0.2) is 13.6 Å². The first-order valence-electron chi connectivity index (χ1n) is 7.95. The number of amides is 1. The second-order valence-corrected chi connectivity index (χ2v) is 8.33. The largest absolute Gasteiger partial charge is 0.493 e. The van der Waals surface area contributed by atoms with E-state index in [1.165, 1.54) is 12.1 Å². The van der Waals surface area contributed by atoms with E-state index in [4.69, 9.17) is 9.88 Å². The Morgan fingerprint density at radius 1 is 1.23 bits per heavy atom. The molecule has 0 aliphatic heterocycles. The van der Waals surface area contributed by atoms with Crippen molar-refractivity contribution in [2.75, 3.05) is 13.7 Å². The number of nitrogens with zero attached hydrogens (tertiary/aromatic N) is 1. The summed E-state index contributed by atoms with van der Waals surface area (Å²) >= 11 is 3.36. The first-order chi connectivity index (χ1) is 12.2. The highest BCUT2D eigenvalue weighted by Gasteiger charge is 2.19. The maximum absolute atomic E-state index is 12.4. The maximum atomic E-state index is 12.4. The number of benzene rings is 2. The predicted octanol–water partition coefficient (Wildman–Crippen LogP) is 3.09. The number of carbonyl (C=O) groups excluding carboxylic acids is 1. The van der Waals surface area contributed by atoms with Gasteiger partial charge in [-0.2, -0.15) is 0 Å². The van der Waals surface area contributed by atoms with Gasteiger partial charge in [-0.15, -0.1) is 0 Å². The van der Waals surface area contributed by atoms with Crippen LogP contribution in [0, 0.1) is 0 Å². The molecule has 0 aliphatic rings. The molecule has 1 amide bonds. The van der Waals surface area contributed by atoms with Crippen LogP contribution in [0.15, 0.2) is 57.9 Å². The van der Waals surface area contributed by atoms with Crippen molar-refractivity contribution in [3.63, 3.8) is 0 Å². The fourth-order valence-corrected chi connectivity index (χ4v) is 3.33. The third kappa shape index (κ3) is 5.55. The summed E-state index contributed by atoms with van der Waals surface area (Å²) in [5, 5.41) is 5.17. The monoisotopic (exact) mass is 440 g/mol. The molecule has 140 valence electrons. The van der Waals surface area contributed by atoms with Crippen molar-refractivity contribution in [1.29, 1.82) is 0 Å². The zero-order valence-electron chi connectivity index (χ0n) is 14.6. The topological polar surface area (TPSA) is 89.7 Å². The number of sulfonamides is 1. The van der Waals surface area contributed by atoms with Crippen LogP contribution in [0.3, 0.4) is 0 Å². The molecule has 2 N–H and O–H groups in total. The van der Waals surface area contributed by atoms with Gasteiger partial charge in [-0.1, -0.05) is 34.1 Å². The molecule has 2 aromatic carbocycles. The molecule has 0 saturated heterocycles. The summed E-state index contributed by atoms with van der Waals surface area (Å²) in [6.07, 6.45) is 0.211. The van der Waals surface area contributed by atoms with Gasteiger partial charge in [0.15, 0.2) is 0 Å². The lowest BCUT2D eigenvalue weighted by atomic mass is 10.1. The van der Waals surface area contributed by atoms with Crippen LogP contribution in [0.1, 0.15) is 24.9 Å². The lowest BCUT2D eigenvalue weighted by Crippen LogP contribution is -2.30. The van der Waals surface area contributed by atoms with Gasteiger partial charge in [0, 0.05) is 11.5 Å². The number of primary sulfonamides is 1. The summed E-state index contributed by atoms with van der Waals surface area (Å²) in [7, 11) is -2.10. The summed E-state index contributed by atoms with van der Waals surface area (Å²) in [6, 6.07) is 13.4. The Bertz CT molecular complexity index is 886. The SMILES string of the molecule is CC(c1cccc(S(N)(=O)=O)c1)N(C)C(=O)CCOc1cccc(Br)c1. The highest BCUT2D eigenvalue weighted by atomic mass is 79.9. The maximum Gasteiger partial charge on any atom is 0.238 e. The van der Waals surface area contributed by atoms with Crippen LogP contribution in [0.5, 0.6) is 5.75 Å². The average Bonchev–Trinajstić information content (AvgIpc) is 2.60. The molecule has 0 heterocycles. The number of nitrogens with two attached hydrogens (primary N) is 1. The summed E-state index contributed by atoms with van der Waals surface area (Å²) < 4.78 is 29.5. The molecule has 6 nitrogen and oxygen atoms in total. The molecule has 8 heteroatoms. The molecule has 0 saturated carbocycles. The van der Waals surface area contributed by atoms with Gasteiger partial charge in [0.2, 0.25) is 15.9 Å². The summed E-state index contributed by atoms with van der Waals surface area (Å²) in [4.78, 5) is 14.0. The summed E-state index contributed by atoms with van der Waals surface area (Å²) in [6.45, 7) is 2.08. The minimum Gasteiger partial charge on any atom is -0.493 e. The Morgan fingerprint density at radius 2 is 1.92 bits per heavy atom. The zero-order chi connectivity index (χ0) is 19.3. The van der Waals surface area contributed by atoms with Crippen LogP contribution < -0.4 is 9.88 Å². The molecule has 1 unspecified atom stereocenters. The minimum atomic E-state index is -3.78. The van der Waals surface area contributed by atoms with Crippen molar-refractivity contribution in [3.8, 4) is 5.75 Å². The van der Waals surface area contributed by atoms with Crippen molar-refractivity contribution in [3.05, 3.63) is 58.6 Å². The quantitative estimate of drug-likeness (QED) is 0.715. The van der Waals surface area contributed by atoms with Crippen LogP contribution in [0.2, 0.25) is 0 Å². The predicted molar refractivity (Wildman–Crippen MR) is 103 cm³/mol. The zero-order valence-corrected chi connectivity index (χ0v) is 17.0. The van der Waals surface area contributed by atoms with Crippen molar-refractivity contribution < 1.29 is 17.9 Å². The molecule has 2 aromatic rings. The number of carbonyl (C=O) groups is 1. The molecule has 0 spiro atoms. The van der Waals surface area contributed by atoms with E-state index in [2.05, 4.69) is 15.9 Å². The Kier molecular flexibility index (Phi) is 6.80. The Hall–Kier alpha value is -1.90. The third-order valence-corrected chi connectivity index (χ3v) is 5.43. The highest BCUT2D eigenvalue weighted by molar-refractivity contribution is 9.10. The third-order valence-electron chi connectivity index (χ3n) is 4.02. The van der Waals surface area contributed by atoms with Crippen LogP contribution in [0.4, 0.5) is 0 Å². The fourth-order valence-electron chi connectivity index (χ4n) is 2.38. The van der Waals surface area contributed by atoms with Gasteiger partial charge in [0.05, 0.1) is 24.0 Å². The minimum absolute atomic E-state index is 0.0284. The molecule has 26 heavy (non-hydrogen) atoms. The number of halogens is 1. The molecule has 0 aromatic heterocycles. The van der Waals surface area contributed by atoms with Crippen molar-refractivity contribution >= 4 is 31.9 Å². The Balaban J connectivity index is 1.97. The Morgan fingerprint density at radius 3 is 2.58 bits per heavy atom. The van der Waals surface area contributed by atoms with Gasteiger partial charge in [0.25, 0.3) is 0 Å². The van der Waals surface area contributed by atoms with E-state index in [0.29, 0.717) is 11.3 Å². The lowest BCUT2D eigenvalue weighted by Gasteiger charge is -2.25. The standard InChI is InChI=1S/C18H21BrN2O4S/c1-13(14-5-3-8-17(11-14)26(20,23)24)21(2)18(22)9-10-25-16-7-4-6-15(19)12-16/h3-8,11-13H,9-10H2,1-2H3,(H2,20,23,24). The molecule has 0 fully saturated rings. The molecular formula is C18H21BrN2O4S. The van der Waals surface area contributed by atoms with Gasteiger partial charge >= 0.3 is 0 Å². The van der Waals surface area contributed by atoms with E-state index in [0.717, 1.165) is 4.47 Å². The number of ether oxygens (including phenoxy) is 1. The smallest absolute Gasteiger partial charge is 0.238 e. The second kappa shape index (κ2) is 8.66. The van der Waals surface area contributed by atoms with Crippen molar-refractivity contribution in [2.45, 2.75) is 24.3 Å². The van der Waals surface area contributed by atoms with E-state index in [1.807, 2.05) is 31.2 Å². The van der Waals surface area contributed by atoms with Crippen LogP contribution in [0.25, 0.3) is 0 Å². The first kappa shape index (κ1) is 20.4. The second-order valence-electron chi connectivity index (χ2n) is 5.85. The summed E-state index contributed by atoms with van der Waals surface area (Å²) in [5.74, 6) is 0.581. The van der Waals surface area contributed by atoms with Gasteiger partial charge < -0.3 is 9.64 Å². The van der Waals surface area contributed by atoms with Crippen LogP contribution >= 0.6 is 15.9 Å². The van der Waals surface area contributed by atoms with Crippen molar-refractivity contribution in [1.82, 2.24) is 4.90 Å². The number of rotatable bonds is 7.